The average molecular weight is 224 g/mol. The SMILES string of the molecule is O=CC(O)C(O)C(O)C(O)COCCO. The van der Waals surface area contributed by atoms with Crippen LogP contribution in [0.5, 0.6) is 0 Å². The zero-order valence-corrected chi connectivity index (χ0v) is 8.06. The molecular formula is C8H16O7. The summed E-state index contributed by atoms with van der Waals surface area (Å²) in [5.41, 5.74) is 0. The number of aldehydes is 1. The molecule has 7 heteroatoms. The number of hydrogen-bond donors (Lipinski definition) is 5. The van der Waals surface area contributed by atoms with E-state index in [1.165, 1.54) is 0 Å². The summed E-state index contributed by atoms with van der Waals surface area (Å²) in [6, 6.07) is 0. The lowest BCUT2D eigenvalue weighted by Crippen LogP contribution is -2.46. The first-order valence-electron chi connectivity index (χ1n) is 4.40. The average Bonchev–Trinajstić information content (AvgIpc) is 2.26. The third-order valence-electron chi connectivity index (χ3n) is 1.76. The van der Waals surface area contributed by atoms with E-state index in [1.54, 1.807) is 0 Å². The number of hydrogen-bond acceptors (Lipinski definition) is 7. The number of carbonyl (C=O) groups excluding carboxylic acids is 1. The Morgan fingerprint density at radius 3 is 2.20 bits per heavy atom. The van der Waals surface area contributed by atoms with Crippen molar-refractivity contribution in [2.45, 2.75) is 24.4 Å². The van der Waals surface area contributed by atoms with Crippen LogP contribution in [0.4, 0.5) is 0 Å². The molecule has 7 nitrogen and oxygen atoms in total. The van der Waals surface area contributed by atoms with Gasteiger partial charge in [-0.15, -0.1) is 0 Å². The van der Waals surface area contributed by atoms with Gasteiger partial charge in [-0.3, -0.25) is 0 Å². The first-order chi connectivity index (χ1) is 7.04. The molecule has 0 heterocycles. The Morgan fingerprint density at radius 1 is 1.13 bits per heavy atom. The maximum atomic E-state index is 10.1. The third kappa shape index (κ3) is 5.17. The van der Waals surface area contributed by atoms with Crippen molar-refractivity contribution in [3.05, 3.63) is 0 Å². The van der Waals surface area contributed by atoms with Crippen LogP contribution in [-0.4, -0.2) is 76.1 Å². The quantitative estimate of drug-likeness (QED) is 0.215. The number of ether oxygens (including phenoxy) is 1. The van der Waals surface area contributed by atoms with E-state index in [-0.39, 0.29) is 26.1 Å². The molecule has 0 radical (unpaired) electrons. The molecule has 4 atom stereocenters. The summed E-state index contributed by atoms with van der Waals surface area (Å²) >= 11 is 0. The zero-order valence-electron chi connectivity index (χ0n) is 8.06. The van der Waals surface area contributed by atoms with E-state index in [0.717, 1.165) is 0 Å². The molecule has 0 aliphatic heterocycles. The highest BCUT2D eigenvalue weighted by Gasteiger charge is 2.30. The predicted octanol–water partition coefficient (Wildman–Crippen LogP) is -3.36. The minimum absolute atomic E-state index is 0.0177. The molecule has 0 aromatic rings. The largest absolute Gasteiger partial charge is 0.394 e. The second-order valence-corrected chi connectivity index (χ2v) is 2.97. The summed E-state index contributed by atoms with van der Waals surface area (Å²) in [7, 11) is 0. The number of carbonyl (C=O) groups is 1. The molecule has 90 valence electrons. The summed E-state index contributed by atoms with van der Waals surface area (Å²) in [5.74, 6) is 0. The monoisotopic (exact) mass is 224 g/mol. The van der Waals surface area contributed by atoms with Crippen molar-refractivity contribution in [3.8, 4) is 0 Å². The molecule has 15 heavy (non-hydrogen) atoms. The van der Waals surface area contributed by atoms with Crippen LogP contribution in [0.15, 0.2) is 0 Å². The summed E-state index contributed by atoms with van der Waals surface area (Å²) in [6.45, 7) is -0.567. The van der Waals surface area contributed by atoms with Crippen molar-refractivity contribution in [3.63, 3.8) is 0 Å². The Hall–Kier alpha value is -0.570. The molecule has 0 amide bonds. The summed E-state index contributed by atoms with van der Waals surface area (Å²) in [5, 5.41) is 44.8. The Labute approximate surface area is 86.5 Å². The van der Waals surface area contributed by atoms with Crippen LogP contribution in [0.25, 0.3) is 0 Å². The van der Waals surface area contributed by atoms with Gasteiger partial charge >= 0.3 is 0 Å². The molecule has 5 N–H and O–H groups in total. The van der Waals surface area contributed by atoms with Gasteiger partial charge in [0.25, 0.3) is 0 Å². The standard InChI is InChI=1S/C8H16O7/c9-1-2-15-4-6(12)8(14)7(13)5(11)3-10/h3,5-9,11-14H,1-2,4H2. The topological polar surface area (TPSA) is 127 Å². The van der Waals surface area contributed by atoms with Crippen molar-refractivity contribution in [1.29, 1.82) is 0 Å². The molecule has 0 bridgehead atoms. The second kappa shape index (κ2) is 7.69. The molecule has 0 saturated carbocycles. The molecule has 0 fully saturated rings. The minimum atomic E-state index is -1.77. The third-order valence-corrected chi connectivity index (χ3v) is 1.76. The Bertz CT molecular complexity index is 174. The van der Waals surface area contributed by atoms with Gasteiger partial charge in [0.1, 0.15) is 24.4 Å². The van der Waals surface area contributed by atoms with Gasteiger partial charge in [-0.1, -0.05) is 0 Å². The fourth-order valence-corrected chi connectivity index (χ4v) is 0.877. The molecule has 0 rings (SSSR count). The van der Waals surface area contributed by atoms with Crippen molar-refractivity contribution < 1.29 is 35.1 Å². The van der Waals surface area contributed by atoms with Crippen LogP contribution >= 0.6 is 0 Å². The maximum Gasteiger partial charge on any atom is 0.151 e. The zero-order chi connectivity index (χ0) is 11.8. The van der Waals surface area contributed by atoms with Gasteiger partial charge in [0.05, 0.1) is 19.8 Å². The van der Waals surface area contributed by atoms with Crippen LogP contribution in [0.1, 0.15) is 0 Å². The Balaban J connectivity index is 3.95. The van der Waals surface area contributed by atoms with Gasteiger partial charge < -0.3 is 35.1 Å². The number of aliphatic hydroxyl groups excluding tert-OH is 5. The normalized spacial score (nSPS) is 19.3. The van der Waals surface area contributed by atoms with Gasteiger partial charge in [0, 0.05) is 0 Å². The molecule has 0 spiro atoms. The van der Waals surface area contributed by atoms with Gasteiger partial charge in [-0.25, -0.2) is 0 Å². The van der Waals surface area contributed by atoms with Crippen LogP contribution in [0.2, 0.25) is 0 Å². The molecule has 0 aliphatic rings. The van der Waals surface area contributed by atoms with Gasteiger partial charge in [-0.2, -0.15) is 0 Å². The highest BCUT2D eigenvalue weighted by atomic mass is 16.5. The van der Waals surface area contributed by atoms with Gasteiger partial charge in [-0.05, 0) is 0 Å². The van der Waals surface area contributed by atoms with Crippen LogP contribution in [0, 0.1) is 0 Å². The smallest absolute Gasteiger partial charge is 0.151 e. The molecular weight excluding hydrogens is 208 g/mol. The minimum Gasteiger partial charge on any atom is -0.394 e. The number of rotatable bonds is 8. The van der Waals surface area contributed by atoms with Crippen molar-refractivity contribution in [2.24, 2.45) is 0 Å². The van der Waals surface area contributed by atoms with E-state index >= 15 is 0 Å². The maximum absolute atomic E-state index is 10.1. The van der Waals surface area contributed by atoms with Gasteiger partial charge in [0.15, 0.2) is 6.29 Å². The lowest BCUT2D eigenvalue weighted by Gasteiger charge is -2.23. The number of aliphatic hydroxyl groups is 5. The molecule has 4 unspecified atom stereocenters. The summed E-state index contributed by atoms with van der Waals surface area (Å²) in [6.07, 6.45) is -6.61. The highest BCUT2D eigenvalue weighted by Crippen LogP contribution is 2.04. The summed E-state index contributed by atoms with van der Waals surface area (Å²) < 4.78 is 4.69. The molecule has 0 saturated heterocycles. The van der Waals surface area contributed by atoms with E-state index in [0.29, 0.717) is 0 Å². The molecule has 0 aromatic heterocycles. The Kier molecular flexibility index (Phi) is 7.39. The lowest BCUT2D eigenvalue weighted by molar-refractivity contribution is -0.138. The second-order valence-electron chi connectivity index (χ2n) is 2.97. The van der Waals surface area contributed by atoms with Crippen LogP contribution < -0.4 is 0 Å². The molecule has 0 aliphatic carbocycles. The van der Waals surface area contributed by atoms with E-state index in [4.69, 9.17) is 15.3 Å². The molecule has 0 aromatic carbocycles. The fraction of sp³-hybridized carbons (Fsp3) is 0.875. The van der Waals surface area contributed by atoms with E-state index in [1.807, 2.05) is 0 Å². The highest BCUT2D eigenvalue weighted by molar-refractivity contribution is 5.56. The van der Waals surface area contributed by atoms with E-state index in [2.05, 4.69) is 4.74 Å². The Morgan fingerprint density at radius 2 is 1.73 bits per heavy atom. The van der Waals surface area contributed by atoms with E-state index in [9.17, 15) is 15.0 Å². The van der Waals surface area contributed by atoms with E-state index < -0.39 is 24.4 Å². The predicted molar refractivity (Wildman–Crippen MR) is 48.0 cm³/mol. The fourth-order valence-electron chi connectivity index (χ4n) is 0.877. The lowest BCUT2D eigenvalue weighted by atomic mass is 10.0. The van der Waals surface area contributed by atoms with Crippen molar-refractivity contribution >= 4 is 6.29 Å². The first kappa shape index (κ1) is 14.4. The first-order valence-corrected chi connectivity index (χ1v) is 4.40. The summed E-state index contributed by atoms with van der Waals surface area (Å²) in [4.78, 5) is 10.1. The van der Waals surface area contributed by atoms with Gasteiger partial charge in [0.2, 0.25) is 0 Å². The van der Waals surface area contributed by atoms with Crippen LogP contribution in [0.3, 0.4) is 0 Å². The van der Waals surface area contributed by atoms with Crippen molar-refractivity contribution in [2.75, 3.05) is 19.8 Å². The van der Waals surface area contributed by atoms with Crippen LogP contribution in [-0.2, 0) is 9.53 Å². The van der Waals surface area contributed by atoms with Crippen molar-refractivity contribution in [1.82, 2.24) is 0 Å².